The Balaban J connectivity index is 1.69. The zero-order valence-corrected chi connectivity index (χ0v) is 18.4. The number of fused-ring (bicyclic) bond motifs is 1. The Morgan fingerprint density at radius 3 is 2.42 bits per heavy atom. The third-order valence-electron chi connectivity index (χ3n) is 5.21. The number of β-lactam (4-membered cyclic amide) rings is 1. The van der Waals surface area contributed by atoms with E-state index in [1.54, 1.807) is 13.8 Å². The van der Waals surface area contributed by atoms with Crippen molar-refractivity contribution in [1.29, 1.82) is 0 Å². The van der Waals surface area contributed by atoms with Gasteiger partial charge < -0.3 is 19.7 Å². The highest BCUT2D eigenvalue weighted by atomic mass is 32.2. The number of esters is 2. The van der Waals surface area contributed by atoms with Gasteiger partial charge in [-0.3, -0.25) is 14.4 Å². The summed E-state index contributed by atoms with van der Waals surface area (Å²) < 4.78 is 8.88. The number of hydrogen-bond donors (Lipinski definition) is 1. The van der Waals surface area contributed by atoms with Gasteiger partial charge >= 0.3 is 11.9 Å². The fraction of sp³-hybridized carbons (Fsp3) is 0.476. The van der Waals surface area contributed by atoms with Crippen molar-refractivity contribution in [2.75, 3.05) is 7.11 Å². The van der Waals surface area contributed by atoms with Gasteiger partial charge in [-0.2, -0.15) is 0 Å². The van der Waals surface area contributed by atoms with E-state index in [0.29, 0.717) is 0 Å². The number of carbonyl (C=O) groups excluding carboxylic acids is 5. The third kappa shape index (κ3) is 4.43. The van der Waals surface area contributed by atoms with Crippen molar-refractivity contribution in [2.45, 2.75) is 55.5 Å². The topological polar surface area (TPSA) is 119 Å². The van der Waals surface area contributed by atoms with Gasteiger partial charge in [-0.1, -0.05) is 30.3 Å². The number of amides is 2. The molecule has 10 heteroatoms. The summed E-state index contributed by atoms with van der Waals surface area (Å²) in [7, 11) is 1.08. The first-order valence-corrected chi connectivity index (χ1v) is 10.6. The van der Waals surface area contributed by atoms with Crippen LogP contribution in [0, 0.1) is 0 Å². The normalized spacial score (nSPS) is 24.5. The van der Waals surface area contributed by atoms with Crippen LogP contribution in [0.25, 0.3) is 0 Å². The quantitative estimate of drug-likeness (QED) is 0.363. The van der Waals surface area contributed by atoms with E-state index in [0.717, 1.165) is 19.6 Å². The van der Waals surface area contributed by atoms with Gasteiger partial charge in [0.2, 0.25) is 11.8 Å². The van der Waals surface area contributed by atoms with Crippen molar-refractivity contribution in [1.82, 2.24) is 10.2 Å². The van der Waals surface area contributed by atoms with Crippen LogP contribution in [0.15, 0.2) is 30.3 Å². The van der Waals surface area contributed by atoms with Crippen LogP contribution in [0.2, 0.25) is 0 Å². The molecule has 2 aliphatic heterocycles. The lowest BCUT2D eigenvalue weighted by atomic mass is 9.95. The van der Waals surface area contributed by atoms with E-state index in [1.165, 1.54) is 16.7 Å². The number of ether oxygens (including phenoxy) is 2. The summed E-state index contributed by atoms with van der Waals surface area (Å²) in [6.45, 7) is 4.64. The van der Waals surface area contributed by atoms with E-state index < -0.39 is 51.9 Å². The SMILES string of the molecule is COC(=O)C(OC(=O)[C@@H]1N2C(=O)[C@@H](NC(=O)Cc3ccccc3)[C@H]2SC1(C)C)C(C)=O. The van der Waals surface area contributed by atoms with E-state index >= 15 is 0 Å². The second kappa shape index (κ2) is 8.70. The van der Waals surface area contributed by atoms with Crippen LogP contribution in [-0.2, 0) is 39.9 Å². The highest BCUT2D eigenvalue weighted by molar-refractivity contribution is 8.01. The molecule has 166 valence electrons. The molecule has 1 aromatic rings. The van der Waals surface area contributed by atoms with Gasteiger partial charge in [0, 0.05) is 4.75 Å². The zero-order valence-electron chi connectivity index (χ0n) is 17.6. The zero-order chi connectivity index (χ0) is 22.9. The first-order chi connectivity index (χ1) is 14.6. The van der Waals surface area contributed by atoms with E-state index in [-0.39, 0.29) is 12.3 Å². The molecule has 1 N–H and O–H groups in total. The average molecular weight is 448 g/mol. The Labute approximate surface area is 183 Å². The minimum absolute atomic E-state index is 0.135. The number of thioether (sulfide) groups is 1. The summed E-state index contributed by atoms with van der Waals surface area (Å²) in [6, 6.07) is 7.37. The lowest BCUT2D eigenvalue weighted by molar-refractivity contribution is -0.176. The summed E-state index contributed by atoms with van der Waals surface area (Å²) in [6.07, 6.45) is -1.55. The number of nitrogens with zero attached hydrogens (tertiary/aromatic N) is 1. The van der Waals surface area contributed by atoms with E-state index in [1.807, 2.05) is 30.3 Å². The van der Waals surface area contributed by atoms with Crippen molar-refractivity contribution in [3.8, 4) is 0 Å². The lowest BCUT2D eigenvalue weighted by Crippen LogP contribution is -2.71. The van der Waals surface area contributed by atoms with Gasteiger partial charge in [-0.15, -0.1) is 11.8 Å². The van der Waals surface area contributed by atoms with Crippen LogP contribution in [-0.4, -0.2) is 69.9 Å². The molecule has 0 bridgehead atoms. The summed E-state index contributed by atoms with van der Waals surface area (Å²) in [5.41, 5.74) is 0.822. The highest BCUT2D eigenvalue weighted by Crippen LogP contribution is 2.51. The lowest BCUT2D eigenvalue weighted by Gasteiger charge is -2.44. The molecule has 1 unspecified atom stereocenters. The van der Waals surface area contributed by atoms with Gasteiger partial charge in [0.1, 0.15) is 17.5 Å². The highest BCUT2D eigenvalue weighted by Gasteiger charge is 2.64. The number of ketones is 1. The number of nitrogens with one attached hydrogen (secondary N) is 1. The van der Waals surface area contributed by atoms with Crippen LogP contribution < -0.4 is 5.32 Å². The Morgan fingerprint density at radius 1 is 1.19 bits per heavy atom. The first-order valence-electron chi connectivity index (χ1n) is 9.69. The van der Waals surface area contributed by atoms with Gasteiger partial charge in [0.15, 0.2) is 5.78 Å². The number of rotatable bonds is 7. The average Bonchev–Trinajstić information content (AvgIpc) is 2.98. The first kappa shape index (κ1) is 22.8. The molecule has 0 aromatic heterocycles. The molecule has 31 heavy (non-hydrogen) atoms. The smallest absolute Gasteiger partial charge is 0.355 e. The molecular formula is C21H24N2O7S. The number of hydrogen-bond acceptors (Lipinski definition) is 8. The Morgan fingerprint density at radius 2 is 1.84 bits per heavy atom. The van der Waals surface area contributed by atoms with Gasteiger partial charge in [-0.25, -0.2) is 9.59 Å². The molecule has 1 aromatic carbocycles. The van der Waals surface area contributed by atoms with Crippen molar-refractivity contribution in [3.63, 3.8) is 0 Å². The molecule has 0 spiro atoms. The van der Waals surface area contributed by atoms with Crippen LogP contribution in [0.3, 0.4) is 0 Å². The minimum atomic E-state index is -1.69. The van der Waals surface area contributed by atoms with Crippen LogP contribution in [0.4, 0.5) is 0 Å². The van der Waals surface area contributed by atoms with Gasteiger partial charge in [-0.05, 0) is 26.3 Å². The van der Waals surface area contributed by atoms with E-state index in [2.05, 4.69) is 10.1 Å². The molecule has 0 saturated carbocycles. The van der Waals surface area contributed by atoms with Crippen LogP contribution in [0.5, 0.6) is 0 Å². The van der Waals surface area contributed by atoms with Gasteiger partial charge in [0.25, 0.3) is 6.10 Å². The number of benzene rings is 1. The number of methoxy groups -OCH3 is 1. The van der Waals surface area contributed by atoms with Crippen molar-refractivity contribution in [2.24, 2.45) is 0 Å². The molecule has 2 aliphatic rings. The summed E-state index contributed by atoms with van der Waals surface area (Å²) >= 11 is 1.35. The molecule has 0 radical (unpaired) electrons. The monoisotopic (exact) mass is 448 g/mol. The fourth-order valence-electron chi connectivity index (χ4n) is 3.72. The molecule has 0 aliphatic carbocycles. The number of Topliss-reactive ketones (excluding diaryl/α,β-unsaturated/α-hetero) is 1. The Bertz CT molecular complexity index is 918. The molecule has 2 fully saturated rings. The molecule has 9 nitrogen and oxygen atoms in total. The fourth-order valence-corrected chi connectivity index (χ4v) is 5.34. The molecular weight excluding hydrogens is 424 g/mol. The van der Waals surface area contributed by atoms with Crippen molar-refractivity contribution < 1.29 is 33.4 Å². The van der Waals surface area contributed by atoms with Crippen molar-refractivity contribution >= 4 is 41.3 Å². The van der Waals surface area contributed by atoms with Crippen LogP contribution >= 0.6 is 11.8 Å². The second-order valence-electron chi connectivity index (χ2n) is 7.92. The molecule has 4 atom stereocenters. The Kier molecular flexibility index (Phi) is 6.40. The molecule has 2 saturated heterocycles. The third-order valence-corrected chi connectivity index (χ3v) is 6.78. The maximum absolute atomic E-state index is 12.8. The predicted octanol–water partition coefficient (Wildman–Crippen LogP) is 0.450. The number of carbonyl (C=O) groups is 5. The van der Waals surface area contributed by atoms with Crippen molar-refractivity contribution in [3.05, 3.63) is 35.9 Å². The standard InChI is InChI=1S/C21H24N2O7S/c1-11(24)15(19(27)29-4)30-20(28)16-21(2,3)31-18-14(17(26)23(16)18)22-13(25)10-12-8-6-5-7-9-12/h5-9,14-16,18H,10H2,1-4H3,(H,22,25)/t14-,15?,16+,18-/m1/s1. The van der Waals surface area contributed by atoms with Gasteiger partial charge in [0.05, 0.1) is 13.5 Å². The van der Waals surface area contributed by atoms with E-state index in [9.17, 15) is 24.0 Å². The predicted molar refractivity (Wildman–Crippen MR) is 111 cm³/mol. The molecule has 2 amide bonds. The second-order valence-corrected chi connectivity index (χ2v) is 9.69. The molecule has 3 rings (SSSR count). The van der Waals surface area contributed by atoms with Crippen LogP contribution in [0.1, 0.15) is 26.3 Å². The summed E-state index contributed by atoms with van der Waals surface area (Å²) in [4.78, 5) is 62.8. The minimum Gasteiger partial charge on any atom is -0.466 e. The largest absolute Gasteiger partial charge is 0.466 e. The Hall–Kier alpha value is -2.88. The summed E-state index contributed by atoms with van der Waals surface area (Å²) in [5.74, 6) is -3.24. The maximum Gasteiger partial charge on any atom is 0.355 e. The van der Waals surface area contributed by atoms with E-state index in [4.69, 9.17) is 4.74 Å². The maximum atomic E-state index is 12.8. The molecule has 2 heterocycles. The summed E-state index contributed by atoms with van der Waals surface area (Å²) in [5, 5.41) is 2.29.